The van der Waals surface area contributed by atoms with Crippen LogP contribution in [0.2, 0.25) is 0 Å². The number of hydrogen-bond donors (Lipinski definition) is 1. The smallest absolute Gasteiger partial charge is 0.126 e. The van der Waals surface area contributed by atoms with Gasteiger partial charge < -0.3 is 9.84 Å². The molecular weight excluding hydrogens is 260 g/mol. The van der Waals surface area contributed by atoms with E-state index < -0.39 is 5.60 Å². The molecule has 0 aliphatic carbocycles. The molecular formula is C19H24O2. The molecule has 2 rings (SSSR count). The third-order valence-corrected chi connectivity index (χ3v) is 3.69. The SMILES string of the molecule is Cc1ccc(C)c(C(C)(O)c2ccccc2OC(C)C)c1. The van der Waals surface area contributed by atoms with Gasteiger partial charge in [-0.3, -0.25) is 0 Å². The maximum absolute atomic E-state index is 11.2. The van der Waals surface area contributed by atoms with Gasteiger partial charge in [0.1, 0.15) is 11.4 Å². The van der Waals surface area contributed by atoms with E-state index in [9.17, 15) is 5.11 Å². The van der Waals surface area contributed by atoms with Crippen molar-refractivity contribution in [3.8, 4) is 5.75 Å². The number of ether oxygens (including phenoxy) is 1. The van der Waals surface area contributed by atoms with E-state index in [0.29, 0.717) is 0 Å². The summed E-state index contributed by atoms with van der Waals surface area (Å²) in [5.74, 6) is 0.735. The first-order chi connectivity index (χ1) is 9.82. The van der Waals surface area contributed by atoms with Crippen LogP contribution in [0.25, 0.3) is 0 Å². The summed E-state index contributed by atoms with van der Waals surface area (Å²) in [6.07, 6.45) is 0.0700. The summed E-state index contributed by atoms with van der Waals surface area (Å²) < 4.78 is 5.86. The second kappa shape index (κ2) is 5.90. The third kappa shape index (κ3) is 3.27. The van der Waals surface area contributed by atoms with Crippen molar-refractivity contribution in [3.05, 3.63) is 64.7 Å². The summed E-state index contributed by atoms with van der Waals surface area (Å²) in [7, 11) is 0. The van der Waals surface area contributed by atoms with E-state index in [0.717, 1.165) is 28.0 Å². The molecule has 1 N–H and O–H groups in total. The molecule has 1 atom stereocenters. The molecule has 0 saturated carbocycles. The number of aryl methyl sites for hydroxylation is 2. The molecule has 0 aromatic heterocycles. The number of hydrogen-bond acceptors (Lipinski definition) is 2. The quantitative estimate of drug-likeness (QED) is 0.904. The van der Waals surface area contributed by atoms with E-state index in [1.807, 2.05) is 71.0 Å². The van der Waals surface area contributed by atoms with Crippen molar-refractivity contribution in [2.45, 2.75) is 46.3 Å². The first kappa shape index (κ1) is 15.6. The minimum atomic E-state index is -1.08. The van der Waals surface area contributed by atoms with Crippen molar-refractivity contribution in [1.82, 2.24) is 0 Å². The van der Waals surface area contributed by atoms with Crippen LogP contribution >= 0.6 is 0 Å². The molecule has 2 aromatic rings. The predicted molar refractivity (Wildman–Crippen MR) is 86.8 cm³/mol. The number of benzene rings is 2. The largest absolute Gasteiger partial charge is 0.491 e. The zero-order valence-electron chi connectivity index (χ0n) is 13.5. The second-order valence-corrected chi connectivity index (χ2v) is 6.05. The van der Waals surface area contributed by atoms with Gasteiger partial charge in [-0.05, 0) is 51.8 Å². The van der Waals surface area contributed by atoms with Gasteiger partial charge in [-0.15, -0.1) is 0 Å². The molecule has 2 nitrogen and oxygen atoms in total. The van der Waals surface area contributed by atoms with Gasteiger partial charge in [-0.2, -0.15) is 0 Å². The van der Waals surface area contributed by atoms with Gasteiger partial charge in [0.05, 0.1) is 6.10 Å². The molecule has 0 heterocycles. The predicted octanol–water partition coefficient (Wildman–Crippen LogP) is 4.35. The average molecular weight is 284 g/mol. The maximum Gasteiger partial charge on any atom is 0.126 e. The lowest BCUT2D eigenvalue weighted by molar-refractivity contribution is 0.0951. The Kier molecular flexibility index (Phi) is 4.38. The van der Waals surface area contributed by atoms with Crippen LogP contribution in [0, 0.1) is 13.8 Å². The highest BCUT2D eigenvalue weighted by molar-refractivity contribution is 5.47. The van der Waals surface area contributed by atoms with Crippen LogP contribution in [-0.2, 0) is 5.60 Å². The van der Waals surface area contributed by atoms with E-state index >= 15 is 0 Å². The van der Waals surface area contributed by atoms with Crippen LogP contribution in [0.5, 0.6) is 5.75 Å². The van der Waals surface area contributed by atoms with Gasteiger partial charge in [-0.1, -0.05) is 42.0 Å². The van der Waals surface area contributed by atoms with Gasteiger partial charge >= 0.3 is 0 Å². The lowest BCUT2D eigenvalue weighted by Gasteiger charge is -2.29. The van der Waals surface area contributed by atoms with Gasteiger partial charge in [0.2, 0.25) is 0 Å². The first-order valence-corrected chi connectivity index (χ1v) is 7.38. The van der Waals surface area contributed by atoms with Crippen molar-refractivity contribution in [3.63, 3.8) is 0 Å². The van der Waals surface area contributed by atoms with Crippen molar-refractivity contribution in [2.24, 2.45) is 0 Å². The van der Waals surface area contributed by atoms with Crippen molar-refractivity contribution in [1.29, 1.82) is 0 Å². The number of rotatable bonds is 4. The van der Waals surface area contributed by atoms with Crippen molar-refractivity contribution < 1.29 is 9.84 Å². The van der Waals surface area contributed by atoms with Gasteiger partial charge in [0, 0.05) is 5.56 Å². The average Bonchev–Trinajstić information content (AvgIpc) is 2.41. The Morgan fingerprint density at radius 1 is 1.00 bits per heavy atom. The van der Waals surface area contributed by atoms with Gasteiger partial charge in [0.15, 0.2) is 0 Å². The van der Waals surface area contributed by atoms with Gasteiger partial charge in [-0.25, -0.2) is 0 Å². The standard InChI is InChI=1S/C19H24O2/c1-13(2)21-18-9-7-6-8-16(18)19(5,20)17-12-14(3)10-11-15(17)4/h6-13,20H,1-5H3. The Labute approximate surface area is 127 Å². The van der Waals surface area contributed by atoms with E-state index in [-0.39, 0.29) is 6.10 Å². The summed E-state index contributed by atoms with van der Waals surface area (Å²) in [5, 5.41) is 11.2. The third-order valence-electron chi connectivity index (χ3n) is 3.69. The Bertz CT molecular complexity index is 627. The van der Waals surface area contributed by atoms with Gasteiger partial charge in [0.25, 0.3) is 0 Å². The summed E-state index contributed by atoms with van der Waals surface area (Å²) in [4.78, 5) is 0. The molecule has 0 aliphatic heterocycles. The van der Waals surface area contributed by atoms with E-state index in [2.05, 4.69) is 6.07 Å². The fourth-order valence-corrected chi connectivity index (χ4v) is 2.63. The summed E-state index contributed by atoms with van der Waals surface area (Å²) in [6, 6.07) is 13.9. The minimum Gasteiger partial charge on any atom is -0.491 e. The molecule has 2 heteroatoms. The summed E-state index contributed by atoms with van der Waals surface area (Å²) in [6.45, 7) is 9.87. The molecule has 0 saturated heterocycles. The molecule has 1 unspecified atom stereocenters. The highest BCUT2D eigenvalue weighted by atomic mass is 16.5. The summed E-state index contributed by atoms with van der Waals surface area (Å²) >= 11 is 0. The number of para-hydroxylation sites is 1. The zero-order chi connectivity index (χ0) is 15.6. The fourth-order valence-electron chi connectivity index (χ4n) is 2.63. The Morgan fingerprint density at radius 2 is 1.67 bits per heavy atom. The molecule has 0 radical (unpaired) electrons. The van der Waals surface area contributed by atoms with Crippen LogP contribution in [0.4, 0.5) is 0 Å². The molecule has 2 aromatic carbocycles. The molecule has 0 aliphatic rings. The molecule has 0 spiro atoms. The van der Waals surface area contributed by atoms with Crippen LogP contribution in [0.1, 0.15) is 43.0 Å². The van der Waals surface area contributed by atoms with Crippen LogP contribution < -0.4 is 4.74 Å². The lowest BCUT2D eigenvalue weighted by atomic mass is 9.84. The van der Waals surface area contributed by atoms with Crippen LogP contribution in [0.3, 0.4) is 0 Å². The van der Waals surface area contributed by atoms with Crippen LogP contribution in [0.15, 0.2) is 42.5 Å². The first-order valence-electron chi connectivity index (χ1n) is 7.38. The highest BCUT2D eigenvalue weighted by Crippen LogP contribution is 2.37. The minimum absolute atomic E-state index is 0.0700. The molecule has 0 bridgehead atoms. The maximum atomic E-state index is 11.2. The highest BCUT2D eigenvalue weighted by Gasteiger charge is 2.30. The topological polar surface area (TPSA) is 29.5 Å². The van der Waals surface area contributed by atoms with E-state index in [1.54, 1.807) is 0 Å². The monoisotopic (exact) mass is 284 g/mol. The van der Waals surface area contributed by atoms with Crippen molar-refractivity contribution in [2.75, 3.05) is 0 Å². The van der Waals surface area contributed by atoms with E-state index in [4.69, 9.17) is 4.74 Å². The normalized spacial score (nSPS) is 14.0. The zero-order valence-corrected chi connectivity index (χ0v) is 13.5. The molecule has 112 valence electrons. The Morgan fingerprint density at radius 3 is 2.33 bits per heavy atom. The fraction of sp³-hybridized carbons (Fsp3) is 0.368. The van der Waals surface area contributed by atoms with Crippen molar-refractivity contribution >= 4 is 0 Å². The Balaban J connectivity index is 2.56. The summed E-state index contributed by atoms with van der Waals surface area (Å²) in [5.41, 5.74) is 2.85. The molecule has 0 fully saturated rings. The Hall–Kier alpha value is -1.80. The molecule has 21 heavy (non-hydrogen) atoms. The van der Waals surface area contributed by atoms with Crippen LogP contribution in [-0.4, -0.2) is 11.2 Å². The second-order valence-electron chi connectivity index (χ2n) is 6.05. The van der Waals surface area contributed by atoms with E-state index in [1.165, 1.54) is 0 Å². The lowest BCUT2D eigenvalue weighted by Crippen LogP contribution is -2.25. The number of aliphatic hydroxyl groups is 1. The molecule has 0 amide bonds.